The fourth-order valence-corrected chi connectivity index (χ4v) is 3.62. The number of aryl methyl sites for hydroxylation is 1. The molecule has 0 spiro atoms. The Morgan fingerprint density at radius 1 is 1.38 bits per heavy atom. The standard InChI is InChI=1S/C17H17ClINO4/c1-3-24-13(21)7-5-4-6-10-8-11(18)9-12-14(10)15(19)16(20-12)17(22)23-2/h5,7-9,20H,3-4,6H2,1-2H3. The molecule has 0 atom stereocenters. The summed E-state index contributed by atoms with van der Waals surface area (Å²) in [5.74, 6) is -0.766. The minimum Gasteiger partial charge on any atom is -0.464 e. The molecular weight excluding hydrogens is 445 g/mol. The van der Waals surface area contributed by atoms with Gasteiger partial charge >= 0.3 is 11.9 Å². The second-order valence-corrected chi connectivity index (χ2v) is 6.50. The third kappa shape index (κ3) is 4.30. The average molecular weight is 462 g/mol. The van der Waals surface area contributed by atoms with Crippen LogP contribution >= 0.6 is 34.2 Å². The van der Waals surface area contributed by atoms with Gasteiger partial charge in [0.05, 0.1) is 17.3 Å². The van der Waals surface area contributed by atoms with Gasteiger partial charge in [-0.3, -0.25) is 0 Å². The van der Waals surface area contributed by atoms with Crippen molar-refractivity contribution in [2.45, 2.75) is 19.8 Å². The highest BCUT2D eigenvalue weighted by Gasteiger charge is 2.19. The molecule has 0 aliphatic carbocycles. The molecule has 2 rings (SSSR count). The van der Waals surface area contributed by atoms with E-state index in [2.05, 4.69) is 27.6 Å². The highest BCUT2D eigenvalue weighted by atomic mass is 127. The Balaban J connectivity index is 2.28. The summed E-state index contributed by atoms with van der Waals surface area (Å²) in [6.07, 6.45) is 4.53. The van der Waals surface area contributed by atoms with E-state index in [-0.39, 0.29) is 5.97 Å². The number of fused-ring (bicyclic) bond motifs is 1. The van der Waals surface area contributed by atoms with Crippen LogP contribution in [0.5, 0.6) is 0 Å². The maximum Gasteiger partial charge on any atom is 0.355 e. The van der Waals surface area contributed by atoms with E-state index < -0.39 is 5.97 Å². The van der Waals surface area contributed by atoms with E-state index in [9.17, 15) is 9.59 Å². The van der Waals surface area contributed by atoms with Gasteiger partial charge in [0.15, 0.2) is 0 Å². The summed E-state index contributed by atoms with van der Waals surface area (Å²) in [6.45, 7) is 2.12. The first-order chi connectivity index (χ1) is 11.5. The maximum atomic E-state index is 11.8. The van der Waals surface area contributed by atoms with Crippen LogP contribution in [-0.2, 0) is 20.7 Å². The molecule has 0 unspecified atom stereocenters. The normalized spacial score (nSPS) is 11.2. The number of allylic oxidation sites excluding steroid dienone is 1. The molecule has 0 aliphatic rings. The van der Waals surface area contributed by atoms with Crippen molar-refractivity contribution in [1.82, 2.24) is 4.98 Å². The Morgan fingerprint density at radius 2 is 2.12 bits per heavy atom. The number of ether oxygens (including phenoxy) is 2. The second kappa shape index (κ2) is 8.53. The van der Waals surface area contributed by atoms with E-state index in [0.29, 0.717) is 30.2 Å². The summed E-state index contributed by atoms with van der Waals surface area (Å²) in [4.78, 5) is 26.2. The van der Waals surface area contributed by atoms with Gasteiger partial charge in [0.1, 0.15) is 5.69 Å². The monoisotopic (exact) mass is 461 g/mol. The van der Waals surface area contributed by atoms with Gasteiger partial charge in [0.2, 0.25) is 0 Å². The van der Waals surface area contributed by atoms with E-state index in [0.717, 1.165) is 20.0 Å². The van der Waals surface area contributed by atoms with Gasteiger partial charge < -0.3 is 14.5 Å². The maximum absolute atomic E-state index is 11.8. The first kappa shape index (κ1) is 18.8. The Hall–Kier alpha value is -1.54. The molecule has 5 nitrogen and oxygen atoms in total. The zero-order chi connectivity index (χ0) is 17.7. The fourth-order valence-electron chi connectivity index (χ4n) is 2.38. The highest BCUT2D eigenvalue weighted by molar-refractivity contribution is 14.1. The number of esters is 2. The lowest BCUT2D eigenvalue weighted by molar-refractivity contribution is -0.137. The lowest BCUT2D eigenvalue weighted by Crippen LogP contribution is -2.03. The van der Waals surface area contributed by atoms with Crippen LogP contribution in [0.25, 0.3) is 10.9 Å². The van der Waals surface area contributed by atoms with Crippen LogP contribution in [0.4, 0.5) is 0 Å². The molecule has 7 heteroatoms. The van der Waals surface area contributed by atoms with Crippen molar-refractivity contribution < 1.29 is 19.1 Å². The Kier molecular flexibility index (Phi) is 6.68. The Labute approximate surface area is 158 Å². The lowest BCUT2D eigenvalue weighted by atomic mass is 10.0. The highest BCUT2D eigenvalue weighted by Crippen LogP contribution is 2.31. The molecule has 0 radical (unpaired) electrons. The van der Waals surface area contributed by atoms with Crippen LogP contribution in [0, 0.1) is 3.57 Å². The summed E-state index contributed by atoms with van der Waals surface area (Å²) in [5, 5.41) is 1.53. The van der Waals surface area contributed by atoms with Crippen LogP contribution in [-0.4, -0.2) is 30.6 Å². The quantitative estimate of drug-likeness (QED) is 0.396. The van der Waals surface area contributed by atoms with Crippen LogP contribution in [0.2, 0.25) is 5.02 Å². The number of carbonyl (C=O) groups is 2. The predicted octanol–water partition coefficient (Wildman–Crippen LogP) is 4.26. The second-order valence-electron chi connectivity index (χ2n) is 4.99. The van der Waals surface area contributed by atoms with Crippen molar-refractivity contribution in [3.63, 3.8) is 0 Å². The molecule has 0 fully saturated rings. The number of carbonyl (C=O) groups excluding carboxylic acids is 2. The van der Waals surface area contributed by atoms with E-state index in [1.54, 1.807) is 19.1 Å². The third-order valence-corrected chi connectivity index (χ3v) is 4.69. The van der Waals surface area contributed by atoms with Crippen molar-refractivity contribution in [2.75, 3.05) is 13.7 Å². The summed E-state index contributed by atoms with van der Waals surface area (Å²) in [6, 6.07) is 3.66. The number of benzene rings is 1. The topological polar surface area (TPSA) is 68.4 Å². The smallest absolute Gasteiger partial charge is 0.355 e. The van der Waals surface area contributed by atoms with Crippen molar-refractivity contribution in [3.8, 4) is 0 Å². The van der Waals surface area contributed by atoms with Crippen LogP contribution in [0.1, 0.15) is 29.4 Å². The number of aromatic nitrogens is 1. The number of H-pyrrole nitrogens is 1. The summed E-state index contributed by atoms with van der Waals surface area (Å²) < 4.78 is 10.4. The van der Waals surface area contributed by atoms with Gasteiger partial charge in [-0.05, 0) is 60.1 Å². The van der Waals surface area contributed by atoms with Gasteiger partial charge in [-0.1, -0.05) is 17.7 Å². The average Bonchev–Trinajstić information content (AvgIpc) is 2.87. The summed E-state index contributed by atoms with van der Waals surface area (Å²) >= 11 is 8.30. The van der Waals surface area contributed by atoms with Crippen LogP contribution in [0.3, 0.4) is 0 Å². The van der Waals surface area contributed by atoms with E-state index in [1.807, 2.05) is 6.07 Å². The molecule has 0 aliphatic heterocycles. The fraction of sp³-hybridized carbons (Fsp3) is 0.294. The predicted molar refractivity (Wildman–Crippen MR) is 101 cm³/mol. The van der Waals surface area contributed by atoms with Crippen LogP contribution in [0.15, 0.2) is 24.3 Å². The molecule has 1 N–H and O–H groups in total. The number of aromatic amines is 1. The number of hydrogen-bond donors (Lipinski definition) is 1. The molecule has 2 aromatic rings. The number of hydrogen-bond acceptors (Lipinski definition) is 4. The largest absolute Gasteiger partial charge is 0.464 e. The zero-order valence-electron chi connectivity index (χ0n) is 13.3. The molecule has 1 aromatic carbocycles. The molecular formula is C17H17ClINO4. The van der Waals surface area contributed by atoms with Gasteiger partial charge in [-0.25, -0.2) is 9.59 Å². The molecule has 0 amide bonds. The lowest BCUT2D eigenvalue weighted by Gasteiger charge is -2.04. The number of methoxy groups -OCH3 is 1. The Bertz CT molecular complexity index is 797. The van der Waals surface area contributed by atoms with Crippen molar-refractivity contribution in [1.29, 1.82) is 0 Å². The number of halogens is 2. The third-order valence-electron chi connectivity index (χ3n) is 3.39. The molecule has 1 heterocycles. The van der Waals surface area contributed by atoms with E-state index >= 15 is 0 Å². The number of nitrogens with one attached hydrogen (secondary N) is 1. The summed E-state index contributed by atoms with van der Waals surface area (Å²) in [5.41, 5.74) is 2.21. The minimum atomic E-state index is -0.417. The molecule has 1 aromatic heterocycles. The van der Waals surface area contributed by atoms with Crippen molar-refractivity contribution in [2.24, 2.45) is 0 Å². The van der Waals surface area contributed by atoms with E-state index in [1.165, 1.54) is 13.2 Å². The molecule has 24 heavy (non-hydrogen) atoms. The molecule has 0 saturated carbocycles. The zero-order valence-corrected chi connectivity index (χ0v) is 16.2. The van der Waals surface area contributed by atoms with Gasteiger partial charge in [-0.2, -0.15) is 0 Å². The van der Waals surface area contributed by atoms with Gasteiger partial charge in [0, 0.05) is 22.0 Å². The van der Waals surface area contributed by atoms with Gasteiger partial charge in [-0.15, -0.1) is 0 Å². The van der Waals surface area contributed by atoms with Crippen molar-refractivity contribution >= 4 is 57.0 Å². The first-order valence-electron chi connectivity index (χ1n) is 7.39. The van der Waals surface area contributed by atoms with Gasteiger partial charge in [0.25, 0.3) is 0 Å². The SMILES string of the molecule is CCOC(=O)C=CCCc1cc(Cl)cc2[nH]c(C(=O)OC)c(I)c12. The Morgan fingerprint density at radius 3 is 2.79 bits per heavy atom. The van der Waals surface area contributed by atoms with E-state index in [4.69, 9.17) is 21.1 Å². The summed E-state index contributed by atoms with van der Waals surface area (Å²) in [7, 11) is 1.35. The minimum absolute atomic E-state index is 0.349. The molecule has 0 saturated heterocycles. The molecule has 0 bridgehead atoms. The molecule has 128 valence electrons. The first-order valence-corrected chi connectivity index (χ1v) is 8.84. The van der Waals surface area contributed by atoms with Crippen LogP contribution < -0.4 is 0 Å². The van der Waals surface area contributed by atoms with Crippen molar-refractivity contribution in [3.05, 3.63) is 44.1 Å². The number of rotatable bonds is 6.